The van der Waals surface area contributed by atoms with E-state index in [0.717, 1.165) is 11.2 Å². The molecule has 0 fully saturated rings. The Morgan fingerprint density at radius 3 is 2.91 bits per heavy atom. The molecule has 0 spiro atoms. The molecule has 0 unspecified atom stereocenters. The van der Waals surface area contributed by atoms with Gasteiger partial charge < -0.3 is 0 Å². The van der Waals surface area contributed by atoms with E-state index in [0.29, 0.717) is 0 Å². The van der Waals surface area contributed by atoms with Crippen LogP contribution in [0.1, 0.15) is 33.0 Å². The second-order valence-corrected chi connectivity index (χ2v) is 4.09. The van der Waals surface area contributed by atoms with Gasteiger partial charge >= 0.3 is 0 Å². The largest absolute Gasteiger partial charge is 0.297 e. The van der Waals surface area contributed by atoms with Gasteiger partial charge in [-0.2, -0.15) is 0 Å². The summed E-state index contributed by atoms with van der Waals surface area (Å²) in [6, 6.07) is 2.05. The summed E-state index contributed by atoms with van der Waals surface area (Å²) in [6.45, 7) is 0. The number of rotatable bonds is 1. The van der Waals surface area contributed by atoms with E-state index in [4.69, 9.17) is 0 Å². The summed E-state index contributed by atoms with van der Waals surface area (Å²) < 4.78 is 0. The van der Waals surface area contributed by atoms with Gasteiger partial charge in [-0.15, -0.1) is 11.3 Å². The molecule has 0 radical (unpaired) electrons. The third-order valence-corrected chi connectivity index (χ3v) is 3.29. The van der Waals surface area contributed by atoms with Crippen molar-refractivity contribution < 1.29 is 4.79 Å². The summed E-state index contributed by atoms with van der Waals surface area (Å²) in [7, 11) is 0. The fourth-order valence-corrected chi connectivity index (χ4v) is 2.64. The second kappa shape index (κ2) is 2.78. The van der Waals surface area contributed by atoms with Crippen LogP contribution in [0.5, 0.6) is 0 Å². The van der Waals surface area contributed by atoms with Gasteiger partial charge in [0, 0.05) is 4.88 Å². The SMILES string of the molecule is O=Cc1cc2c(s1)CCCC2. The molecule has 2 heteroatoms. The first-order valence-electron chi connectivity index (χ1n) is 3.97. The van der Waals surface area contributed by atoms with Gasteiger partial charge in [0.2, 0.25) is 0 Å². The van der Waals surface area contributed by atoms with Gasteiger partial charge in [0.15, 0.2) is 6.29 Å². The van der Waals surface area contributed by atoms with Crippen LogP contribution in [-0.2, 0) is 12.8 Å². The zero-order chi connectivity index (χ0) is 7.68. The van der Waals surface area contributed by atoms with Gasteiger partial charge in [-0.3, -0.25) is 4.79 Å². The predicted octanol–water partition coefficient (Wildman–Crippen LogP) is 2.44. The molecule has 0 amide bonds. The van der Waals surface area contributed by atoms with Gasteiger partial charge in [0.1, 0.15) is 0 Å². The van der Waals surface area contributed by atoms with Crippen molar-refractivity contribution in [2.75, 3.05) is 0 Å². The molecule has 1 aliphatic rings. The number of hydrogen-bond donors (Lipinski definition) is 0. The lowest BCUT2D eigenvalue weighted by Gasteiger charge is -2.08. The highest BCUT2D eigenvalue weighted by Gasteiger charge is 2.12. The Morgan fingerprint density at radius 2 is 2.18 bits per heavy atom. The standard InChI is InChI=1S/C9H10OS/c10-6-8-5-7-3-1-2-4-9(7)11-8/h5-6H,1-4H2. The Morgan fingerprint density at radius 1 is 1.36 bits per heavy atom. The number of aryl methyl sites for hydroxylation is 2. The van der Waals surface area contributed by atoms with E-state index >= 15 is 0 Å². The molecule has 1 heterocycles. The normalized spacial score (nSPS) is 16.0. The maximum absolute atomic E-state index is 10.4. The van der Waals surface area contributed by atoms with Crippen LogP contribution in [0.15, 0.2) is 6.07 Å². The van der Waals surface area contributed by atoms with E-state index in [1.54, 1.807) is 11.3 Å². The average Bonchev–Trinajstić information content (AvgIpc) is 2.46. The fourth-order valence-electron chi connectivity index (χ4n) is 1.57. The van der Waals surface area contributed by atoms with Crippen molar-refractivity contribution in [3.63, 3.8) is 0 Å². The minimum Gasteiger partial charge on any atom is -0.297 e. The summed E-state index contributed by atoms with van der Waals surface area (Å²) >= 11 is 1.67. The van der Waals surface area contributed by atoms with E-state index < -0.39 is 0 Å². The molecular formula is C9H10OS. The Bertz CT molecular complexity index is 252. The van der Waals surface area contributed by atoms with Crippen LogP contribution >= 0.6 is 11.3 Å². The lowest BCUT2D eigenvalue weighted by Crippen LogP contribution is -1.96. The molecule has 1 aliphatic carbocycles. The molecule has 0 aliphatic heterocycles. The van der Waals surface area contributed by atoms with Crippen molar-refractivity contribution in [3.8, 4) is 0 Å². The Labute approximate surface area is 70.1 Å². The van der Waals surface area contributed by atoms with Crippen LogP contribution in [0.3, 0.4) is 0 Å². The van der Waals surface area contributed by atoms with E-state index in [-0.39, 0.29) is 0 Å². The lowest BCUT2D eigenvalue weighted by molar-refractivity contribution is 0.112. The van der Waals surface area contributed by atoms with Crippen molar-refractivity contribution in [3.05, 3.63) is 21.4 Å². The van der Waals surface area contributed by atoms with Crippen LogP contribution in [0.4, 0.5) is 0 Å². The van der Waals surface area contributed by atoms with Gasteiger partial charge in [-0.25, -0.2) is 0 Å². The molecule has 1 nitrogen and oxygen atoms in total. The minimum atomic E-state index is 0.900. The molecule has 0 saturated carbocycles. The van der Waals surface area contributed by atoms with Gasteiger partial charge in [0.25, 0.3) is 0 Å². The summed E-state index contributed by atoms with van der Waals surface area (Å²) in [4.78, 5) is 12.8. The van der Waals surface area contributed by atoms with Crippen molar-refractivity contribution in [2.45, 2.75) is 25.7 Å². The van der Waals surface area contributed by atoms with Crippen molar-refractivity contribution in [1.29, 1.82) is 0 Å². The zero-order valence-electron chi connectivity index (χ0n) is 6.30. The zero-order valence-corrected chi connectivity index (χ0v) is 7.12. The van der Waals surface area contributed by atoms with Crippen molar-refractivity contribution in [2.24, 2.45) is 0 Å². The number of aldehydes is 1. The molecular weight excluding hydrogens is 156 g/mol. The maximum Gasteiger partial charge on any atom is 0.160 e. The molecule has 0 atom stereocenters. The molecule has 2 rings (SSSR count). The fraction of sp³-hybridized carbons (Fsp3) is 0.444. The first kappa shape index (κ1) is 7.04. The maximum atomic E-state index is 10.4. The highest BCUT2D eigenvalue weighted by atomic mass is 32.1. The quantitative estimate of drug-likeness (QED) is 0.586. The smallest absolute Gasteiger partial charge is 0.160 e. The second-order valence-electron chi connectivity index (χ2n) is 2.92. The van der Waals surface area contributed by atoms with E-state index in [1.807, 2.05) is 6.07 Å². The highest BCUT2D eigenvalue weighted by Crippen LogP contribution is 2.28. The molecule has 1 aromatic heterocycles. The third-order valence-electron chi connectivity index (χ3n) is 2.13. The number of carbonyl (C=O) groups is 1. The van der Waals surface area contributed by atoms with Crippen molar-refractivity contribution >= 4 is 17.6 Å². The van der Waals surface area contributed by atoms with Gasteiger partial charge in [-0.1, -0.05) is 0 Å². The molecule has 0 saturated heterocycles. The summed E-state index contributed by atoms with van der Waals surface area (Å²) in [5.74, 6) is 0. The van der Waals surface area contributed by atoms with Crippen LogP contribution in [0.2, 0.25) is 0 Å². The summed E-state index contributed by atoms with van der Waals surface area (Å²) in [5.41, 5.74) is 1.42. The Balaban J connectivity index is 2.39. The van der Waals surface area contributed by atoms with Gasteiger partial charge in [-0.05, 0) is 37.3 Å². The number of carbonyl (C=O) groups excluding carboxylic acids is 1. The monoisotopic (exact) mass is 166 g/mol. The van der Waals surface area contributed by atoms with Crippen LogP contribution in [-0.4, -0.2) is 6.29 Å². The number of thiophene rings is 1. The topological polar surface area (TPSA) is 17.1 Å². The van der Waals surface area contributed by atoms with E-state index in [9.17, 15) is 4.79 Å². The predicted molar refractivity (Wildman–Crippen MR) is 46.3 cm³/mol. The molecule has 0 bridgehead atoms. The average molecular weight is 166 g/mol. The van der Waals surface area contributed by atoms with Crippen LogP contribution in [0.25, 0.3) is 0 Å². The van der Waals surface area contributed by atoms with Crippen LogP contribution in [0, 0.1) is 0 Å². The molecule has 0 N–H and O–H groups in total. The van der Waals surface area contributed by atoms with Crippen molar-refractivity contribution in [1.82, 2.24) is 0 Å². The first-order chi connectivity index (χ1) is 5.40. The minimum absolute atomic E-state index is 0.900. The van der Waals surface area contributed by atoms with Gasteiger partial charge in [0.05, 0.1) is 4.88 Å². The van der Waals surface area contributed by atoms with Crippen LogP contribution < -0.4 is 0 Å². The molecule has 1 aromatic rings. The Hall–Kier alpha value is -0.630. The molecule has 58 valence electrons. The molecule has 0 aromatic carbocycles. The molecule has 11 heavy (non-hydrogen) atoms. The highest BCUT2D eigenvalue weighted by molar-refractivity contribution is 7.13. The first-order valence-corrected chi connectivity index (χ1v) is 4.78. The summed E-state index contributed by atoms with van der Waals surface area (Å²) in [5, 5.41) is 0. The number of fused-ring (bicyclic) bond motifs is 1. The lowest BCUT2D eigenvalue weighted by atomic mass is 9.99. The van der Waals surface area contributed by atoms with E-state index in [2.05, 4.69) is 0 Å². The Kier molecular flexibility index (Phi) is 1.78. The third kappa shape index (κ3) is 1.23. The number of hydrogen-bond acceptors (Lipinski definition) is 2. The van der Waals surface area contributed by atoms with E-state index in [1.165, 1.54) is 36.1 Å². The summed E-state index contributed by atoms with van der Waals surface area (Å²) in [6.07, 6.45) is 5.92.